The van der Waals surface area contributed by atoms with Crippen LogP contribution >= 0.6 is 23.4 Å². The van der Waals surface area contributed by atoms with Gasteiger partial charge in [0.2, 0.25) is 0 Å². The van der Waals surface area contributed by atoms with Crippen molar-refractivity contribution in [3.05, 3.63) is 46.0 Å². The van der Waals surface area contributed by atoms with Crippen molar-refractivity contribution in [2.24, 2.45) is 7.05 Å². The Hall–Kier alpha value is -1.04. The summed E-state index contributed by atoms with van der Waals surface area (Å²) in [6.07, 6.45) is 0.984. The average molecular weight is 326 g/mol. The molecular formula is C15H17ClFN3S. The lowest BCUT2D eigenvalue weighted by molar-refractivity contribution is 0.496. The standard InChI is InChI=1S/C15H17ClFN3S/c1-9-11(15(16)20(2)19-9)8-18-13-6-7-21-14-10(13)4-3-5-12(14)17/h3-5,13,18H,6-8H2,1-2H3. The summed E-state index contributed by atoms with van der Waals surface area (Å²) >= 11 is 7.85. The van der Waals surface area contributed by atoms with Crippen LogP contribution in [0.15, 0.2) is 23.1 Å². The van der Waals surface area contributed by atoms with Gasteiger partial charge in [-0.1, -0.05) is 23.7 Å². The van der Waals surface area contributed by atoms with E-state index >= 15 is 0 Å². The SMILES string of the molecule is Cc1nn(C)c(Cl)c1CNC1CCSc2c(F)cccc21. The summed E-state index contributed by atoms with van der Waals surface area (Å²) in [4.78, 5) is 0.773. The molecule has 6 heteroatoms. The zero-order chi connectivity index (χ0) is 15.0. The van der Waals surface area contributed by atoms with E-state index in [-0.39, 0.29) is 11.9 Å². The summed E-state index contributed by atoms with van der Waals surface area (Å²) in [6.45, 7) is 2.59. The molecule has 1 aliphatic heterocycles. The van der Waals surface area contributed by atoms with Crippen LogP contribution in [0.1, 0.15) is 29.3 Å². The molecule has 0 saturated heterocycles. The quantitative estimate of drug-likeness (QED) is 0.929. The third-order valence-corrected chi connectivity index (χ3v) is 5.45. The zero-order valence-corrected chi connectivity index (χ0v) is 13.6. The third-order valence-electron chi connectivity index (χ3n) is 3.82. The number of rotatable bonds is 3. The van der Waals surface area contributed by atoms with Gasteiger partial charge in [0.25, 0.3) is 0 Å². The number of hydrogen-bond acceptors (Lipinski definition) is 3. The highest BCUT2D eigenvalue weighted by molar-refractivity contribution is 7.99. The predicted molar refractivity (Wildman–Crippen MR) is 84.3 cm³/mol. The minimum absolute atomic E-state index is 0.125. The molecule has 0 amide bonds. The molecule has 1 aromatic carbocycles. The first-order valence-corrected chi connectivity index (χ1v) is 8.27. The molecule has 0 spiro atoms. The van der Waals surface area contributed by atoms with E-state index in [4.69, 9.17) is 11.6 Å². The molecule has 1 aromatic heterocycles. The molecular weight excluding hydrogens is 309 g/mol. The number of thioether (sulfide) groups is 1. The highest BCUT2D eigenvalue weighted by atomic mass is 35.5. The molecule has 1 atom stereocenters. The molecule has 112 valence electrons. The Balaban J connectivity index is 1.80. The highest BCUT2D eigenvalue weighted by Crippen LogP contribution is 2.38. The van der Waals surface area contributed by atoms with Crippen molar-refractivity contribution in [3.8, 4) is 0 Å². The van der Waals surface area contributed by atoms with E-state index in [0.29, 0.717) is 11.7 Å². The number of aryl methyl sites for hydroxylation is 2. The fourth-order valence-corrected chi connectivity index (χ4v) is 4.08. The van der Waals surface area contributed by atoms with Gasteiger partial charge in [-0.3, -0.25) is 4.68 Å². The molecule has 0 aliphatic carbocycles. The summed E-state index contributed by atoms with van der Waals surface area (Å²) < 4.78 is 15.5. The molecule has 2 heterocycles. The smallest absolute Gasteiger partial charge is 0.137 e. The van der Waals surface area contributed by atoms with Crippen molar-refractivity contribution in [2.45, 2.75) is 30.8 Å². The highest BCUT2D eigenvalue weighted by Gasteiger charge is 2.23. The van der Waals surface area contributed by atoms with Gasteiger partial charge < -0.3 is 5.32 Å². The molecule has 3 nitrogen and oxygen atoms in total. The summed E-state index contributed by atoms with van der Waals surface area (Å²) in [5.41, 5.74) is 2.99. The second-order valence-electron chi connectivity index (χ2n) is 5.21. The molecule has 1 aliphatic rings. The van der Waals surface area contributed by atoms with E-state index < -0.39 is 0 Å². The van der Waals surface area contributed by atoms with Gasteiger partial charge in [0.1, 0.15) is 11.0 Å². The molecule has 2 aromatic rings. The van der Waals surface area contributed by atoms with Crippen molar-refractivity contribution >= 4 is 23.4 Å². The number of benzene rings is 1. The maximum absolute atomic E-state index is 13.9. The predicted octanol–water partition coefficient (Wildman–Crippen LogP) is 3.85. The lowest BCUT2D eigenvalue weighted by Gasteiger charge is -2.26. The van der Waals surface area contributed by atoms with Crippen LogP contribution in [0.5, 0.6) is 0 Å². The number of fused-ring (bicyclic) bond motifs is 1. The van der Waals surface area contributed by atoms with Gasteiger partial charge >= 0.3 is 0 Å². The van der Waals surface area contributed by atoms with Gasteiger partial charge in [-0.2, -0.15) is 5.10 Å². The van der Waals surface area contributed by atoms with Crippen molar-refractivity contribution in [3.63, 3.8) is 0 Å². The second kappa shape index (κ2) is 5.99. The fourth-order valence-electron chi connectivity index (χ4n) is 2.70. The van der Waals surface area contributed by atoms with Crippen molar-refractivity contribution < 1.29 is 4.39 Å². The Bertz CT molecular complexity index is 671. The zero-order valence-electron chi connectivity index (χ0n) is 12.0. The van der Waals surface area contributed by atoms with Crippen molar-refractivity contribution in [2.75, 3.05) is 5.75 Å². The first-order chi connectivity index (χ1) is 10.1. The molecule has 0 radical (unpaired) electrons. The normalized spacial score (nSPS) is 17.8. The lowest BCUT2D eigenvalue weighted by Crippen LogP contribution is -2.25. The summed E-state index contributed by atoms with van der Waals surface area (Å²) in [7, 11) is 1.83. The van der Waals surface area contributed by atoms with E-state index in [0.717, 1.165) is 33.9 Å². The largest absolute Gasteiger partial charge is 0.306 e. The maximum atomic E-state index is 13.9. The fraction of sp³-hybridized carbons (Fsp3) is 0.400. The van der Waals surface area contributed by atoms with Crippen LogP contribution in [-0.2, 0) is 13.6 Å². The molecule has 1 N–H and O–H groups in total. The monoisotopic (exact) mass is 325 g/mol. The van der Waals surface area contributed by atoms with Gasteiger partial charge in [0.15, 0.2) is 0 Å². The molecule has 0 bridgehead atoms. The van der Waals surface area contributed by atoms with Crippen molar-refractivity contribution in [1.29, 1.82) is 0 Å². The van der Waals surface area contributed by atoms with E-state index in [2.05, 4.69) is 10.4 Å². The topological polar surface area (TPSA) is 29.9 Å². The van der Waals surface area contributed by atoms with Gasteiger partial charge in [-0.25, -0.2) is 4.39 Å². The van der Waals surface area contributed by atoms with Gasteiger partial charge in [-0.15, -0.1) is 11.8 Å². The third kappa shape index (κ3) is 2.82. The van der Waals surface area contributed by atoms with E-state index in [1.807, 2.05) is 20.0 Å². The van der Waals surface area contributed by atoms with Crippen LogP contribution in [0.4, 0.5) is 4.39 Å². The van der Waals surface area contributed by atoms with E-state index in [9.17, 15) is 4.39 Å². The number of nitrogens with zero attached hydrogens (tertiary/aromatic N) is 2. The Kier molecular flexibility index (Phi) is 4.24. The number of aromatic nitrogens is 2. The Morgan fingerprint density at radius 3 is 3.05 bits per heavy atom. The van der Waals surface area contributed by atoms with Gasteiger partial charge in [-0.05, 0) is 30.7 Å². The minimum atomic E-state index is -0.125. The minimum Gasteiger partial charge on any atom is -0.306 e. The first-order valence-electron chi connectivity index (χ1n) is 6.90. The van der Waals surface area contributed by atoms with E-state index in [1.54, 1.807) is 22.5 Å². The van der Waals surface area contributed by atoms with Crippen LogP contribution in [-0.4, -0.2) is 15.5 Å². The Morgan fingerprint density at radius 2 is 2.33 bits per heavy atom. The summed E-state index contributed by atoms with van der Waals surface area (Å²) in [5.74, 6) is 0.797. The summed E-state index contributed by atoms with van der Waals surface area (Å²) in [6, 6.07) is 5.46. The molecule has 0 saturated carbocycles. The van der Waals surface area contributed by atoms with Crippen LogP contribution in [0.2, 0.25) is 5.15 Å². The van der Waals surface area contributed by atoms with Crippen LogP contribution in [0.25, 0.3) is 0 Å². The molecule has 21 heavy (non-hydrogen) atoms. The van der Waals surface area contributed by atoms with Crippen LogP contribution in [0, 0.1) is 12.7 Å². The van der Waals surface area contributed by atoms with Gasteiger partial charge in [0, 0.05) is 30.1 Å². The number of hydrogen-bond donors (Lipinski definition) is 1. The van der Waals surface area contributed by atoms with Crippen LogP contribution < -0.4 is 5.32 Å². The molecule has 0 fully saturated rings. The van der Waals surface area contributed by atoms with E-state index in [1.165, 1.54) is 6.07 Å². The first kappa shape index (κ1) is 14.9. The molecule has 3 rings (SSSR count). The maximum Gasteiger partial charge on any atom is 0.137 e. The average Bonchev–Trinajstić information content (AvgIpc) is 2.71. The number of nitrogens with one attached hydrogen (secondary N) is 1. The Morgan fingerprint density at radius 1 is 1.52 bits per heavy atom. The summed E-state index contributed by atoms with van der Waals surface area (Å²) in [5, 5.41) is 8.47. The van der Waals surface area contributed by atoms with Crippen LogP contribution in [0.3, 0.4) is 0 Å². The second-order valence-corrected chi connectivity index (χ2v) is 6.67. The molecule has 1 unspecified atom stereocenters. The van der Waals surface area contributed by atoms with Crippen molar-refractivity contribution in [1.82, 2.24) is 15.1 Å². The van der Waals surface area contributed by atoms with Gasteiger partial charge in [0.05, 0.1) is 5.69 Å². The number of halogens is 2. The Labute approximate surface area is 132 Å². The lowest BCUT2D eigenvalue weighted by atomic mass is 10.0.